The number of fused-ring (bicyclic) bond motifs is 1. The molecule has 4 rings (SSSR count). The number of hydrogen-bond acceptors (Lipinski definition) is 7. The maximum absolute atomic E-state index is 13.0. The van der Waals surface area contributed by atoms with E-state index in [1.807, 2.05) is 0 Å². The van der Waals surface area contributed by atoms with E-state index in [4.69, 9.17) is 14.2 Å². The maximum Gasteiger partial charge on any atom is 0.338 e. The van der Waals surface area contributed by atoms with Gasteiger partial charge in [0.05, 0.1) is 16.1 Å². The van der Waals surface area contributed by atoms with Crippen LogP contribution in [0.15, 0.2) is 77.7 Å². The number of rotatable bonds is 8. The van der Waals surface area contributed by atoms with Gasteiger partial charge in [0, 0.05) is 18.3 Å². The van der Waals surface area contributed by atoms with Gasteiger partial charge in [0.2, 0.25) is 6.79 Å². The number of carbonyl (C=O) groups is 2. The summed E-state index contributed by atoms with van der Waals surface area (Å²) >= 11 is 0. The van der Waals surface area contributed by atoms with Crippen LogP contribution in [0.4, 0.5) is 11.4 Å². The highest BCUT2D eigenvalue weighted by Gasteiger charge is 2.24. The van der Waals surface area contributed by atoms with Crippen molar-refractivity contribution in [2.24, 2.45) is 0 Å². The summed E-state index contributed by atoms with van der Waals surface area (Å²) in [7, 11) is -3.81. The van der Waals surface area contributed by atoms with E-state index in [1.54, 1.807) is 55.5 Å². The Hall–Kier alpha value is -4.05. The number of carbonyl (C=O) groups excluding carboxylic acids is 2. The molecule has 0 atom stereocenters. The molecule has 0 radical (unpaired) electrons. The molecular weight excluding hydrogens is 460 g/mol. The summed E-state index contributed by atoms with van der Waals surface area (Å²) in [5.74, 6) is -0.187. The molecule has 0 fully saturated rings. The molecule has 1 aliphatic rings. The first-order valence-corrected chi connectivity index (χ1v) is 11.9. The van der Waals surface area contributed by atoms with Crippen LogP contribution in [0.25, 0.3) is 0 Å². The number of nitrogens with zero attached hydrogens (tertiary/aromatic N) is 1. The van der Waals surface area contributed by atoms with E-state index in [2.05, 4.69) is 5.32 Å². The van der Waals surface area contributed by atoms with Crippen LogP contribution < -0.4 is 19.1 Å². The van der Waals surface area contributed by atoms with Crippen molar-refractivity contribution >= 4 is 33.3 Å². The largest absolute Gasteiger partial charge is 0.454 e. The van der Waals surface area contributed by atoms with Gasteiger partial charge in [0.25, 0.3) is 15.9 Å². The first kappa shape index (κ1) is 23.1. The fourth-order valence-corrected chi connectivity index (χ4v) is 4.84. The van der Waals surface area contributed by atoms with Gasteiger partial charge in [-0.1, -0.05) is 18.2 Å². The molecule has 176 valence electrons. The average molecular weight is 483 g/mol. The average Bonchev–Trinajstić information content (AvgIpc) is 3.31. The van der Waals surface area contributed by atoms with Crippen LogP contribution in [0.1, 0.15) is 17.3 Å². The minimum absolute atomic E-state index is 0.0373. The molecule has 9 nitrogen and oxygen atoms in total. The van der Waals surface area contributed by atoms with Crippen LogP contribution >= 0.6 is 0 Å². The third kappa shape index (κ3) is 4.96. The first-order valence-electron chi connectivity index (χ1n) is 10.4. The Morgan fingerprint density at radius 2 is 1.68 bits per heavy atom. The summed E-state index contributed by atoms with van der Waals surface area (Å²) in [5.41, 5.74) is 1.14. The molecule has 1 heterocycles. The summed E-state index contributed by atoms with van der Waals surface area (Å²) in [6.45, 7) is 1.59. The van der Waals surface area contributed by atoms with Crippen molar-refractivity contribution in [1.82, 2.24) is 0 Å². The molecular formula is C24H22N2O7S. The molecule has 3 aromatic carbocycles. The van der Waals surface area contributed by atoms with E-state index >= 15 is 0 Å². The predicted molar refractivity (Wildman–Crippen MR) is 125 cm³/mol. The molecule has 0 saturated carbocycles. The van der Waals surface area contributed by atoms with Gasteiger partial charge in [-0.3, -0.25) is 9.10 Å². The maximum atomic E-state index is 13.0. The summed E-state index contributed by atoms with van der Waals surface area (Å²) in [6, 6.07) is 19.0. The second kappa shape index (κ2) is 9.84. The number of para-hydroxylation sites is 1. The van der Waals surface area contributed by atoms with Gasteiger partial charge in [-0.05, 0) is 55.5 Å². The van der Waals surface area contributed by atoms with Crippen LogP contribution in [0, 0.1) is 0 Å². The number of nitrogens with one attached hydrogen (secondary N) is 1. The summed E-state index contributed by atoms with van der Waals surface area (Å²) < 4.78 is 42.9. The van der Waals surface area contributed by atoms with Crippen molar-refractivity contribution in [3.63, 3.8) is 0 Å². The molecule has 1 N–H and O–H groups in total. The lowest BCUT2D eigenvalue weighted by atomic mass is 10.2. The van der Waals surface area contributed by atoms with Crippen molar-refractivity contribution in [1.29, 1.82) is 0 Å². The van der Waals surface area contributed by atoms with E-state index in [-0.39, 0.29) is 23.8 Å². The Kier molecular flexibility index (Phi) is 6.69. The number of sulfonamides is 1. The lowest BCUT2D eigenvalue weighted by Gasteiger charge is -2.22. The quantitative estimate of drug-likeness (QED) is 0.490. The van der Waals surface area contributed by atoms with E-state index in [1.165, 1.54) is 28.6 Å². The molecule has 0 unspecified atom stereocenters. The Balaban J connectivity index is 1.36. The molecule has 1 amide bonds. The highest BCUT2D eigenvalue weighted by atomic mass is 32.2. The zero-order valence-corrected chi connectivity index (χ0v) is 19.1. The highest BCUT2D eigenvalue weighted by molar-refractivity contribution is 7.92. The zero-order chi connectivity index (χ0) is 24.1. The second-order valence-electron chi connectivity index (χ2n) is 7.22. The molecule has 3 aromatic rings. The van der Waals surface area contributed by atoms with Gasteiger partial charge in [0.15, 0.2) is 18.1 Å². The van der Waals surface area contributed by atoms with Gasteiger partial charge in [-0.2, -0.15) is 0 Å². The number of ether oxygens (including phenoxy) is 3. The van der Waals surface area contributed by atoms with Crippen LogP contribution in [-0.4, -0.2) is 40.2 Å². The number of hydrogen-bond donors (Lipinski definition) is 1. The normalized spacial score (nSPS) is 12.1. The number of benzene rings is 3. The second-order valence-corrected chi connectivity index (χ2v) is 9.08. The lowest BCUT2D eigenvalue weighted by molar-refractivity contribution is -0.119. The number of anilines is 2. The van der Waals surface area contributed by atoms with Gasteiger partial charge in [-0.25, -0.2) is 13.2 Å². The van der Waals surface area contributed by atoms with E-state index in [0.717, 1.165) is 0 Å². The Bertz CT molecular complexity index is 1290. The first-order chi connectivity index (χ1) is 16.4. The van der Waals surface area contributed by atoms with Gasteiger partial charge < -0.3 is 19.5 Å². The predicted octanol–water partition coefficient (Wildman–Crippen LogP) is 3.43. The van der Waals surface area contributed by atoms with Crippen molar-refractivity contribution < 1.29 is 32.2 Å². The molecule has 0 saturated heterocycles. The Labute approximate surface area is 196 Å². The SMILES string of the molecule is CCN(c1ccccc1)S(=O)(=O)c1ccc(C(=O)OCC(=O)Nc2ccc3c(c2)OCO3)cc1. The molecule has 0 spiro atoms. The highest BCUT2D eigenvalue weighted by Crippen LogP contribution is 2.34. The van der Waals surface area contributed by atoms with Crippen LogP contribution in [0.5, 0.6) is 11.5 Å². The fourth-order valence-electron chi connectivity index (χ4n) is 3.36. The summed E-state index contributed by atoms with van der Waals surface area (Å²) in [6.07, 6.45) is 0. The topological polar surface area (TPSA) is 111 Å². The standard InChI is InChI=1S/C24H22N2O7S/c1-2-26(19-6-4-3-5-7-19)34(29,30)20-11-8-17(9-12-20)24(28)31-15-23(27)25-18-10-13-21-22(14-18)33-16-32-21/h3-14H,2,15-16H2,1H3,(H,25,27). The van der Waals surface area contributed by atoms with Gasteiger partial charge >= 0.3 is 5.97 Å². The van der Waals surface area contributed by atoms with Crippen molar-refractivity contribution in [2.75, 3.05) is 29.6 Å². The van der Waals surface area contributed by atoms with E-state index < -0.39 is 28.5 Å². The van der Waals surface area contributed by atoms with Crippen molar-refractivity contribution in [3.05, 3.63) is 78.4 Å². The smallest absolute Gasteiger partial charge is 0.338 e. The molecule has 0 aromatic heterocycles. The Morgan fingerprint density at radius 1 is 0.971 bits per heavy atom. The Morgan fingerprint density at radius 3 is 2.38 bits per heavy atom. The van der Waals surface area contributed by atoms with Gasteiger partial charge in [0.1, 0.15) is 0 Å². The van der Waals surface area contributed by atoms with E-state index in [9.17, 15) is 18.0 Å². The molecule has 10 heteroatoms. The minimum Gasteiger partial charge on any atom is -0.454 e. The molecule has 0 bridgehead atoms. The van der Waals surface area contributed by atoms with Crippen LogP contribution in [0.2, 0.25) is 0 Å². The monoisotopic (exact) mass is 482 g/mol. The number of amides is 1. The summed E-state index contributed by atoms with van der Waals surface area (Å²) in [5, 5.41) is 2.61. The summed E-state index contributed by atoms with van der Waals surface area (Å²) in [4.78, 5) is 24.5. The third-order valence-electron chi connectivity index (χ3n) is 5.00. The van der Waals surface area contributed by atoms with Gasteiger partial charge in [-0.15, -0.1) is 0 Å². The molecule has 1 aliphatic heterocycles. The minimum atomic E-state index is -3.81. The third-order valence-corrected chi connectivity index (χ3v) is 6.92. The molecule has 0 aliphatic carbocycles. The van der Waals surface area contributed by atoms with Crippen LogP contribution in [-0.2, 0) is 19.6 Å². The fraction of sp³-hybridized carbons (Fsp3) is 0.167. The lowest BCUT2D eigenvalue weighted by Crippen LogP contribution is -2.30. The zero-order valence-electron chi connectivity index (χ0n) is 18.3. The number of esters is 1. The van der Waals surface area contributed by atoms with Crippen LogP contribution in [0.3, 0.4) is 0 Å². The van der Waals surface area contributed by atoms with Crippen molar-refractivity contribution in [2.45, 2.75) is 11.8 Å². The van der Waals surface area contributed by atoms with Crippen molar-refractivity contribution in [3.8, 4) is 11.5 Å². The molecule has 34 heavy (non-hydrogen) atoms. The van der Waals surface area contributed by atoms with E-state index in [0.29, 0.717) is 22.9 Å².